The van der Waals surface area contributed by atoms with Crippen LogP contribution in [0.4, 0.5) is 30.6 Å². The van der Waals surface area contributed by atoms with Crippen LogP contribution in [-0.2, 0) is 11.0 Å². The van der Waals surface area contributed by atoms with E-state index >= 15 is 0 Å². The number of aromatic nitrogens is 4. The number of amides is 1. The topological polar surface area (TPSA) is 91.2 Å². The Morgan fingerprint density at radius 3 is 2.73 bits per heavy atom. The zero-order valence-electron chi connectivity index (χ0n) is 21.8. The zero-order chi connectivity index (χ0) is 26.6. The molecule has 0 aromatic carbocycles. The van der Waals surface area contributed by atoms with E-state index in [1.807, 2.05) is 17.8 Å². The highest BCUT2D eigenvalue weighted by Crippen LogP contribution is 2.34. The predicted octanol–water partition coefficient (Wildman–Crippen LogP) is 4.60. The van der Waals surface area contributed by atoms with Crippen molar-refractivity contribution in [3.05, 3.63) is 23.7 Å². The van der Waals surface area contributed by atoms with Gasteiger partial charge in [-0.2, -0.15) is 23.3 Å². The highest BCUT2D eigenvalue weighted by molar-refractivity contribution is 5.76. The molecule has 1 amide bonds. The summed E-state index contributed by atoms with van der Waals surface area (Å²) >= 11 is 0. The first-order valence-corrected chi connectivity index (χ1v) is 13.1. The van der Waals surface area contributed by atoms with Gasteiger partial charge in [0.15, 0.2) is 0 Å². The lowest BCUT2D eigenvalue weighted by Crippen LogP contribution is -2.32. The molecule has 12 heteroatoms. The van der Waals surface area contributed by atoms with Gasteiger partial charge in [0.1, 0.15) is 11.4 Å². The normalized spacial score (nSPS) is 19.5. The molecule has 0 unspecified atom stereocenters. The van der Waals surface area contributed by atoms with Crippen molar-refractivity contribution in [1.29, 1.82) is 0 Å². The summed E-state index contributed by atoms with van der Waals surface area (Å²) in [4.78, 5) is 24.4. The van der Waals surface area contributed by atoms with Gasteiger partial charge >= 0.3 is 6.18 Å². The van der Waals surface area contributed by atoms with E-state index in [0.717, 1.165) is 50.7 Å². The van der Waals surface area contributed by atoms with Crippen molar-refractivity contribution in [3.63, 3.8) is 0 Å². The highest BCUT2D eigenvalue weighted by atomic mass is 19.4. The van der Waals surface area contributed by atoms with Gasteiger partial charge in [-0.25, -0.2) is 4.98 Å². The summed E-state index contributed by atoms with van der Waals surface area (Å²) in [6, 6.07) is 0.717. The van der Waals surface area contributed by atoms with E-state index in [1.54, 1.807) is 4.90 Å². The Kier molecular flexibility index (Phi) is 8.56. The predicted molar refractivity (Wildman–Crippen MR) is 136 cm³/mol. The van der Waals surface area contributed by atoms with Gasteiger partial charge in [-0.3, -0.25) is 14.4 Å². The van der Waals surface area contributed by atoms with E-state index in [1.165, 1.54) is 0 Å². The number of aryl methyl sites for hydroxylation is 1. The van der Waals surface area contributed by atoms with Crippen LogP contribution in [0.2, 0.25) is 0 Å². The van der Waals surface area contributed by atoms with Crippen molar-refractivity contribution in [1.82, 2.24) is 29.5 Å². The van der Waals surface area contributed by atoms with Crippen molar-refractivity contribution in [3.8, 4) is 0 Å². The Balaban J connectivity index is 1.41. The molecule has 4 rings (SSSR count). The van der Waals surface area contributed by atoms with Crippen LogP contribution >= 0.6 is 0 Å². The molecule has 0 spiro atoms. The van der Waals surface area contributed by atoms with E-state index < -0.39 is 11.7 Å². The van der Waals surface area contributed by atoms with Gasteiger partial charge in [-0.15, -0.1) is 0 Å². The van der Waals surface area contributed by atoms with Crippen molar-refractivity contribution >= 4 is 23.4 Å². The van der Waals surface area contributed by atoms with Gasteiger partial charge in [-0.1, -0.05) is 6.42 Å². The Morgan fingerprint density at radius 1 is 1.19 bits per heavy atom. The minimum atomic E-state index is -4.59. The largest absolute Gasteiger partial charge is 0.421 e. The van der Waals surface area contributed by atoms with Crippen molar-refractivity contribution < 1.29 is 18.0 Å². The average Bonchev–Trinajstić information content (AvgIpc) is 3.41. The number of nitrogens with zero attached hydrogens (tertiary/aromatic N) is 6. The Bertz CT molecular complexity index is 1070. The molecule has 2 aliphatic heterocycles. The lowest BCUT2D eigenvalue weighted by molar-refractivity contribution is -0.137. The Morgan fingerprint density at radius 2 is 2.00 bits per heavy atom. The first-order chi connectivity index (χ1) is 17.6. The minimum absolute atomic E-state index is 0.0658. The fourth-order valence-corrected chi connectivity index (χ4v) is 4.90. The third-order valence-electron chi connectivity index (χ3n) is 7.13. The third-order valence-corrected chi connectivity index (χ3v) is 7.13. The SMILES string of the molecule is Cc1nn([C@H]2CCN(C(C)C)C2)cc1Nc1ncc(C(F)(F)F)c(NCCCN2CCCCCC2=O)n1. The maximum absolute atomic E-state index is 13.6. The number of halogens is 3. The van der Waals surface area contributed by atoms with Crippen molar-refractivity contribution in [2.45, 2.75) is 77.6 Å². The Labute approximate surface area is 215 Å². The first-order valence-electron chi connectivity index (χ1n) is 13.1. The molecule has 0 radical (unpaired) electrons. The summed E-state index contributed by atoms with van der Waals surface area (Å²) < 4.78 is 42.8. The first kappa shape index (κ1) is 27.2. The summed E-state index contributed by atoms with van der Waals surface area (Å²) in [6.07, 6.45) is 3.03. The summed E-state index contributed by atoms with van der Waals surface area (Å²) in [6.45, 7) is 9.58. The molecule has 204 valence electrons. The number of anilines is 3. The summed E-state index contributed by atoms with van der Waals surface area (Å²) in [5.74, 6) is -0.0934. The number of nitrogens with one attached hydrogen (secondary N) is 2. The van der Waals surface area contributed by atoms with Crippen LogP contribution in [0.25, 0.3) is 0 Å². The molecule has 2 saturated heterocycles. The lowest BCUT2D eigenvalue weighted by Gasteiger charge is -2.21. The summed E-state index contributed by atoms with van der Waals surface area (Å²) in [5.41, 5.74) is 0.465. The van der Waals surface area contributed by atoms with Gasteiger partial charge < -0.3 is 15.5 Å². The molecule has 9 nitrogen and oxygen atoms in total. The number of hydrogen-bond donors (Lipinski definition) is 2. The molecule has 0 bridgehead atoms. The highest BCUT2D eigenvalue weighted by Gasteiger charge is 2.35. The zero-order valence-corrected chi connectivity index (χ0v) is 21.8. The maximum Gasteiger partial charge on any atom is 0.421 e. The van der Waals surface area contributed by atoms with E-state index in [9.17, 15) is 18.0 Å². The molecule has 2 N–H and O–H groups in total. The number of carbonyl (C=O) groups is 1. The van der Waals surface area contributed by atoms with Gasteiger partial charge in [0.05, 0.1) is 17.4 Å². The van der Waals surface area contributed by atoms with Crippen LogP contribution in [0.5, 0.6) is 0 Å². The average molecular weight is 523 g/mol. The van der Waals surface area contributed by atoms with Crippen LogP contribution in [-0.4, -0.2) is 74.2 Å². The number of carbonyl (C=O) groups excluding carboxylic acids is 1. The molecule has 0 saturated carbocycles. The van der Waals surface area contributed by atoms with Gasteiger partial charge in [0.25, 0.3) is 0 Å². The molecule has 2 aromatic rings. The summed E-state index contributed by atoms with van der Waals surface area (Å²) in [5, 5.41) is 10.5. The van der Waals surface area contributed by atoms with Gasteiger partial charge in [-0.05, 0) is 46.5 Å². The molecule has 1 atom stereocenters. The van der Waals surface area contributed by atoms with E-state index in [2.05, 4.69) is 44.4 Å². The van der Waals surface area contributed by atoms with Gasteiger partial charge in [0, 0.05) is 57.6 Å². The van der Waals surface area contributed by atoms with E-state index in [-0.39, 0.29) is 30.3 Å². The monoisotopic (exact) mass is 522 g/mol. The van der Waals surface area contributed by atoms with Gasteiger partial charge in [0.2, 0.25) is 11.9 Å². The van der Waals surface area contributed by atoms with Crippen LogP contribution < -0.4 is 10.6 Å². The van der Waals surface area contributed by atoms with Crippen molar-refractivity contribution in [2.75, 3.05) is 43.4 Å². The molecular weight excluding hydrogens is 485 g/mol. The van der Waals surface area contributed by atoms with E-state index in [0.29, 0.717) is 37.7 Å². The fraction of sp³-hybridized carbons (Fsp3) is 0.680. The number of rotatable bonds is 9. The van der Waals surface area contributed by atoms with Crippen LogP contribution in [0.3, 0.4) is 0 Å². The molecule has 2 aromatic heterocycles. The second-order valence-corrected chi connectivity index (χ2v) is 10.2. The maximum atomic E-state index is 13.6. The minimum Gasteiger partial charge on any atom is -0.369 e. The molecular formula is C25H37F3N8O. The Hall–Kier alpha value is -2.89. The fourth-order valence-electron chi connectivity index (χ4n) is 4.90. The smallest absolute Gasteiger partial charge is 0.369 e. The number of hydrogen-bond acceptors (Lipinski definition) is 7. The second-order valence-electron chi connectivity index (χ2n) is 10.2. The standard InChI is InChI=1S/C25H37F3N8O/c1-17(2)35-13-9-19(15-35)36-16-21(18(3)33-36)31-24-30-14-20(25(26,27)28)23(32-24)29-10-7-12-34-11-6-4-5-8-22(34)37/h14,16-17,19H,4-13,15H2,1-3H3,(H2,29,30,31,32)/t19-/m0/s1. The van der Waals surface area contributed by atoms with Crippen LogP contribution in [0.15, 0.2) is 12.4 Å². The molecule has 2 aliphatic rings. The number of likely N-dealkylation sites (tertiary alicyclic amines) is 2. The molecule has 0 aliphatic carbocycles. The van der Waals surface area contributed by atoms with Crippen LogP contribution in [0.1, 0.15) is 69.7 Å². The molecule has 2 fully saturated rings. The molecule has 37 heavy (non-hydrogen) atoms. The van der Waals surface area contributed by atoms with Crippen molar-refractivity contribution in [2.24, 2.45) is 0 Å². The molecule has 4 heterocycles. The third kappa shape index (κ3) is 6.91. The second kappa shape index (κ2) is 11.7. The summed E-state index contributed by atoms with van der Waals surface area (Å²) in [7, 11) is 0. The van der Waals surface area contributed by atoms with Crippen LogP contribution in [0, 0.1) is 6.92 Å². The lowest BCUT2D eigenvalue weighted by atomic mass is 10.2. The number of alkyl halides is 3. The quantitative estimate of drug-likeness (QED) is 0.465. The van der Waals surface area contributed by atoms with E-state index in [4.69, 9.17) is 0 Å².